The molecule has 2 aromatic rings. The number of hydrogen-bond donors (Lipinski definition) is 1. The average Bonchev–Trinajstić information content (AvgIpc) is 3.15. The maximum absolute atomic E-state index is 10.9. The van der Waals surface area contributed by atoms with E-state index in [0.29, 0.717) is 6.04 Å². The maximum Gasteiger partial charge on any atom is 0.313 e. The Morgan fingerprint density at radius 3 is 2.95 bits per heavy atom. The van der Waals surface area contributed by atoms with Gasteiger partial charge in [-0.1, -0.05) is 36.7 Å². The maximum atomic E-state index is 10.9. The third-order valence-electron chi connectivity index (χ3n) is 4.03. The molecule has 1 atom stereocenters. The van der Waals surface area contributed by atoms with Crippen molar-refractivity contribution in [1.82, 2.24) is 9.55 Å². The first-order valence-corrected chi connectivity index (χ1v) is 8.37. The summed E-state index contributed by atoms with van der Waals surface area (Å²) in [5.41, 5.74) is 3.26. The number of hydrogen-bond acceptors (Lipinski definition) is 3. The van der Waals surface area contributed by atoms with Crippen LogP contribution in [0.3, 0.4) is 0 Å². The van der Waals surface area contributed by atoms with Crippen molar-refractivity contribution in [3.05, 3.63) is 23.8 Å². The van der Waals surface area contributed by atoms with E-state index in [1.54, 1.807) is 0 Å². The standard InChI is InChI=1S/C16H20N2O2S/c1-10-4-3-5-13-15(10)17-16(21-9-14(19)20)18(13)11(2)8-12-6-7-12/h3-5,11-12H,6-9H2,1-2H3,(H,19,20). The van der Waals surface area contributed by atoms with Crippen LogP contribution in [0.25, 0.3) is 11.0 Å². The summed E-state index contributed by atoms with van der Waals surface area (Å²) in [4.78, 5) is 15.6. The van der Waals surface area contributed by atoms with E-state index in [1.807, 2.05) is 6.07 Å². The number of para-hydroxylation sites is 1. The first-order chi connectivity index (χ1) is 10.1. The molecule has 1 aliphatic rings. The molecule has 1 N–H and O–H groups in total. The van der Waals surface area contributed by atoms with Gasteiger partial charge in [-0.15, -0.1) is 0 Å². The van der Waals surface area contributed by atoms with Gasteiger partial charge in [-0.05, 0) is 37.8 Å². The summed E-state index contributed by atoms with van der Waals surface area (Å²) < 4.78 is 2.23. The zero-order valence-electron chi connectivity index (χ0n) is 12.4. The van der Waals surface area contributed by atoms with Gasteiger partial charge in [0.05, 0.1) is 16.8 Å². The molecular formula is C16H20N2O2S. The Morgan fingerprint density at radius 2 is 2.29 bits per heavy atom. The van der Waals surface area contributed by atoms with E-state index in [1.165, 1.54) is 24.6 Å². The highest BCUT2D eigenvalue weighted by atomic mass is 32.2. The molecule has 0 radical (unpaired) electrons. The van der Waals surface area contributed by atoms with Crippen LogP contribution in [-0.2, 0) is 4.79 Å². The predicted molar refractivity (Wildman–Crippen MR) is 84.9 cm³/mol. The molecule has 1 unspecified atom stereocenters. The van der Waals surface area contributed by atoms with Crippen molar-refractivity contribution >= 4 is 28.8 Å². The van der Waals surface area contributed by atoms with Crippen molar-refractivity contribution in [1.29, 1.82) is 0 Å². The van der Waals surface area contributed by atoms with E-state index in [0.717, 1.165) is 34.1 Å². The number of imidazole rings is 1. The van der Waals surface area contributed by atoms with Gasteiger partial charge in [-0.3, -0.25) is 4.79 Å². The van der Waals surface area contributed by atoms with Gasteiger partial charge >= 0.3 is 5.97 Å². The fraction of sp³-hybridized carbons (Fsp3) is 0.500. The third kappa shape index (κ3) is 3.07. The van der Waals surface area contributed by atoms with Crippen molar-refractivity contribution in [3.63, 3.8) is 0 Å². The van der Waals surface area contributed by atoms with Crippen molar-refractivity contribution in [2.75, 3.05) is 5.75 Å². The fourth-order valence-electron chi connectivity index (χ4n) is 2.83. The zero-order chi connectivity index (χ0) is 15.0. The highest BCUT2D eigenvalue weighted by molar-refractivity contribution is 7.99. The fourth-order valence-corrected chi connectivity index (χ4v) is 3.66. The molecule has 1 fully saturated rings. The summed E-state index contributed by atoms with van der Waals surface area (Å²) in [5, 5.41) is 9.76. The van der Waals surface area contributed by atoms with Crippen LogP contribution in [-0.4, -0.2) is 26.4 Å². The summed E-state index contributed by atoms with van der Waals surface area (Å²) in [7, 11) is 0. The van der Waals surface area contributed by atoms with E-state index in [-0.39, 0.29) is 5.75 Å². The van der Waals surface area contributed by atoms with Crippen LogP contribution < -0.4 is 0 Å². The normalized spacial score (nSPS) is 16.3. The molecule has 0 amide bonds. The van der Waals surface area contributed by atoms with E-state index in [9.17, 15) is 4.79 Å². The highest BCUT2D eigenvalue weighted by Gasteiger charge is 2.26. The molecule has 0 aliphatic heterocycles. The Morgan fingerprint density at radius 1 is 1.52 bits per heavy atom. The molecule has 4 nitrogen and oxygen atoms in total. The average molecular weight is 304 g/mol. The van der Waals surface area contributed by atoms with Gasteiger partial charge < -0.3 is 9.67 Å². The second-order valence-corrected chi connectivity index (χ2v) is 6.86. The van der Waals surface area contributed by atoms with E-state index in [4.69, 9.17) is 10.1 Å². The van der Waals surface area contributed by atoms with Crippen LogP contribution in [0, 0.1) is 12.8 Å². The molecule has 0 saturated heterocycles. The van der Waals surface area contributed by atoms with E-state index < -0.39 is 5.97 Å². The van der Waals surface area contributed by atoms with Gasteiger partial charge in [0.15, 0.2) is 5.16 Å². The van der Waals surface area contributed by atoms with Crippen molar-refractivity contribution in [3.8, 4) is 0 Å². The number of nitrogens with zero attached hydrogens (tertiary/aromatic N) is 2. The molecule has 3 rings (SSSR count). The molecule has 1 aromatic carbocycles. The van der Waals surface area contributed by atoms with E-state index >= 15 is 0 Å². The Balaban J connectivity index is 2.01. The largest absolute Gasteiger partial charge is 0.481 e. The number of aromatic nitrogens is 2. The van der Waals surface area contributed by atoms with Gasteiger partial charge in [0.2, 0.25) is 0 Å². The predicted octanol–water partition coefficient (Wildman–Crippen LogP) is 3.88. The lowest BCUT2D eigenvalue weighted by atomic mass is 10.1. The molecule has 1 aliphatic carbocycles. The minimum atomic E-state index is -0.801. The summed E-state index contributed by atoms with van der Waals surface area (Å²) in [6.45, 7) is 4.27. The van der Waals surface area contributed by atoms with Gasteiger partial charge in [0.25, 0.3) is 0 Å². The van der Waals surface area contributed by atoms with Gasteiger partial charge in [-0.2, -0.15) is 0 Å². The molecular weight excluding hydrogens is 284 g/mol. The highest BCUT2D eigenvalue weighted by Crippen LogP contribution is 2.39. The lowest BCUT2D eigenvalue weighted by Crippen LogP contribution is -2.09. The Hall–Kier alpha value is -1.49. The van der Waals surface area contributed by atoms with Gasteiger partial charge in [-0.25, -0.2) is 4.98 Å². The molecule has 5 heteroatoms. The molecule has 112 valence electrons. The SMILES string of the molecule is Cc1cccc2c1nc(SCC(=O)O)n2C(C)CC1CC1. The number of thioether (sulfide) groups is 1. The molecule has 1 heterocycles. The molecule has 21 heavy (non-hydrogen) atoms. The topological polar surface area (TPSA) is 55.1 Å². The zero-order valence-corrected chi connectivity index (χ0v) is 13.2. The second-order valence-electron chi connectivity index (χ2n) is 5.92. The number of fused-ring (bicyclic) bond motifs is 1. The first kappa shape index (κ1) is 14.4. The van der Waals surface area contributed by atoms with Crippen LogP contribution in [0.15, 0.2) is 23.4 Å². The summed E-state index contributed by atoms with van der Waals surface area (Å²) >= 11 is 1.32. The van der Waals surface area contributed by atoms with Crippen molar-refractivity contribution in [2.24, 2.45) is 5.92 Å². The number of aryl methyl sites for hydroxylation is 1. The third-order valence-corrected chi connectivity index (χ3v) is 4.96. The van der Waals surface area contributed by atoms with E-state index in [2.05, 4.69) is 30.5 Å². The molecule has 0 bridgehead atoms. The lowest BCUT2D eigenvalue weighted by Gasteiger charge is -2.17. The minimum absolute atomic E-state index is 0.0541. The summed E-state index contributed by atoms with van der Waals surface area (Å²) in [6.07, 6.45) is 3.81. The number of carboxylic acids is 1. The number of aliphatic carboxylic acids is 1. The molecule has 1 aromatic heterocycles. The smallest absolute Gasteiger partial charge is 0.313 e. The van der Waals surface area contributed by atoms with Crippen LogP contribution in [0.2, 0.25) is 0 Å². The van der Waals surface area contributed by atoms with Crippen LogP contribution >= 0.6 is 11.8 Å². The number of benzene rings is 1. The minimum Gasteiger partial charge on any atom is -0.481 e. The molecule has 1 saturated carbocycles. The molecule has 0 spiro atoms. The Kier molecular flexibility index (Phi) is 3.93. The Labute approximate surface area is 128 Å². The van der Waals surface area contributed by atoms with Gasteiger partial charge in [0, 0.05) is 6.04 Å². The Bertz CT molecular complexity index is 676. The summed E-state index contributed by atoms with van der Waals surface area (Å²) in [6, 6.07) is 6.55. The van der Waals surface area contributed by atoms with Gasteiger partial charge in [0.1, 0.15) is 0 Å². The second kappa shape index (κ2) is 5.72. The quantitative estimate of drug-likeness (QED) is 0.823. The van der Waals surface area contributed by atoms with Crippen LogP contribution in [0.5, 0.6) is 0 Å². The summed E-state index contributed by atoms with van der Waals surface area (Å²) in [5.74, 6) is 0.0863. The van der Waals surface area contributed by atoms with Crippen LogP contribution in [0.1, 0.15) is 37.8 Å². The lowest BCUT2D eigenvalue weighted by molar-refractivity contribution is -0.133. The van der Waals surface area contributed by atoms with Crippen molar-refractivity contribution in [2.45, 2.75) is 44.3 Å². The first-order valence-electron chi connectivity index (χ1n) is 7.38. The number of carboxylic acid groups (broad SMARTS) is 1. The monoisotopic (exact) mass is 304 g/mol. The van der Waals surface area contributed by atoms with Crippen molar-refractivity contribution < 1.29 is 9.90 Å². The number of rotatable bonds is 6. The van der Waals surface area contributed by atoms with Crippen LogP contribution in [0.4, 0.5) is 0 Å². The number of carbonyl (C=O) groups is 1.